The molecule has 2 aliphatic heterocycles. The minimum atomic E-state index is -0.210. The molecule has 0 atom stereocenters. The molecule has 0 radical (unpaired) electrons. The molecule has 0 bridgehead atoms. The van der Waals surface area contributed by atoms with Gasteiger partial charge in [-0.05, 0) is 12.1 Å². The fraction of sp³-hybridized carbons (Fsp3) is 0.353. The summed E-state index contributed by atoms with van der Waals surface area (Å²) in [6, 6.07) is 7.60. The van der Waals surface area contributed by atoms with E-state index in [1.54, 1.807) is 11.9 Å². The van der Waals surface area contributed by atoms with Crippen molar-refractivity contribution in [2.75, 3.05) is 37.0 Å². The molecule has 0 saturated carbocycles. The summed E-state index contributed by atoms with van der Waals surface area (Å²) in [7, 11) is 3.51. The first kappa shape index (κ1) is 15.5. The van der Waals surface area contributed by atoms with E-state index in [4.69, 9.17) is 0 Å². The molecule has 8 nitrogen and oxygen atoms in total. The highest BCUT2D eigenvalue weighted by Gasteiger charge is 2.32. The third kappa shape index (κ3) is 2.59. The highest BCUT2D eigenvalue weighted by atomic mass is 16.2. The van der Waals surface area contributed by atoms with E-state index in [2.05, 4.69) is 15.1 Å². The van der Waals surface area contributed by atoms with Gasteiger partial charge >= 0.3 is 0 Å². The number of likely N-dealkylation sites (N-methyl/N-ethyl adjacent to an activating group) is 1. The van der Waals surface area contributed by atoms with Crippen LogP contribution in [-0.4, -0.2) is 59.7 Å². The molecule has 0 saturated heterocycles. The van der Waals surface area contributed by atoms with Crippen molar-refractivity contribution in [2.45, 2.75) is 12.8 Å². The van der Waals surface area contributed by atoms with Crippen LogP contribution >= 0.6 is 0 Å². The zero-order valence-electron chi connectivity index (χ0n) is 14.1. The van der Waals surface area contributed by atoms with E-state index in [9.17, 15) is 9.59 Å². The van der Waals surface area contributed by atoms with Crippen LogP contribution in [-0.2, 0) is 9.59 Å². The fourth-order valence-electron chi connectivity index (χ4n) is 3.06. The van der Waals surface area contributed by atoms with E-state index in [0.29, 0.717) is 43.3 Å². The maximum Gasteiger partial charge on any atom is 0.275 e. The Hall–Kier alpha value is -3.03. The van der Waals surface area contributed by atoms with Crippen LogP contribution in [0.5, 0.6) is 0 Å². The number of carbonyl (C=O) groups is 2. The van der Waals surface area contributed by atoms with Crippen LogP contribution in [0.4, 0.5) is 11.6 Å². The SMILES string of the molecule is CN1N=C(C(=O)N2CCN(C)c3nc4ccccc4nc32)CCC1=O. The zero-order valence-corrected chi connectivity index (χ0v) is 14.1. The van der Waals surface area contributed by atoms with Gasteiger partial charge in [-0.25, -0.2) is 15.0 Å². The topological polar surface area (TPSA) is 82.0 Å². The van der Waals surface area contributed by atoms with Crippen LogP contribution in [0, 0.1) is 0 Å². The molecular weight excluding hydrogens is 320 g/mol. The third-order valence-corrected chi connectivity index (χ3v) is 4.51. The highest BCUT2D eigenvalue weighted by Crippen LogP contribution is 2.31. The number of fused-ring (bicyclic) bond motifs is 2. The monoisotopic (exact) mass is 338 g/mol. The van der Waals surface area contributed by atoms with Crippen molar-refractivity contribution in [2.24, 2.45) is 5.10 Å². The second-order valence-electron chi connectivity index (χ2n) is 6.20. The second-order valence-corrected chi connectivity index (χ2v) is 6.20. The van der Waals surface area contributed by atoms with Crippen molar-refractivity contribution in [3.8, 4) is 0 Å². The van der Waals surface area contributed by atoms with Crippen LogP contribution in [0.1, 0.15) is 12.8 Å². The minimum absolute atomic E-state index is 0.0823. The summed E-state index contributed by atoms with van der Waals surface area (Å²) in [5.74, 6) is 0.929. The molecule has 2 aromatic rings. The second kappa shape index (κ2) is 5.80. The van der Waals surface area contributed by atoms with E-state index < -0.39 is 0 Å². The average molecular weight is 338 g/mol. The largest absolute Gasteiger partial charge is 0.355 e. The quantitative estimate of drug-likeness (QED) is 0.775. The molecule has 8 heteroatoms. The number of amides is 2. The van der Waals surface area contributed by atoms with Crippen molar-refractivity contribution < 1.29 is 9.59 Å². The molecule has 4 rings (SSSR count). The number of benzene rings is 1. The van der Waals surface area contributed by atoms with Gasteiger partial charge in [0, 0.05) is 40.0 Å². The van der Waals surface area contributed by atoms with Gasteiger partial charge in [0.05, 0.1) is 11.0 Å². The smallest absolute Gasteiger partial charge is 0.275 e. The Balaban J connectivity index is 1.76. The molecule has 2 aliphatic rings. The molecule has 2 amide bonds. The molecule has 0 aliphatic carbocycles. The van der Waals surface area contributed by atoms with Crippen LogP contribution in [0.15, 0.2) is 29.4 Å². The van der Waals surface area contributed by atoms with Crippen molar-refractivity contribution in [3.05, 3.63) is 24.3 Å². The van der Waals surface area contributed by atoms with Crippen LogP contribution < -0.4 is 9.80 Å². The van der Waals surface area contributed by atoms with Gasteiger partial charge in [-0.2, -0.15) is 5.10 Å². The fourth-order valence-corrected chi connectivity index (χ4v) is 3.06. The maximum absolute atomic E-state index is 13.0. The van der Waals surface area contributed by atoms with Gasteiger partial charge in [-0.3, -0.25) is 14.5 Å². The summed E-state index contributed by atoms with van der Waals surface area (Å²) >= 11 is 0. The molecule has 0 N–H and O–H groups in total. The molecule has 1 aromatic heterocycles. The summed E-state index contributed by atoms with van der Waals surface area (Å²) in [5, 5.41) is 5.38. The van der Waals surface area contributed by atoms with E-state index in [-0.39, 0.29) is 11.8 Å². The molecular formula is C17H18N6O2. The summed E-state index contributed by atoms with van der Waals surface area (Å²) in [6.45, 7) is 1.17. The van der Waals surface area contributed by atoms with Crippen molar-refractivity contribution in [3.63, 3.8) is 0 Å². The lowest BCUT2D eigenvalue weighted by molar-refractivity contribution is -0.130. The molecule has 128 valence electrons. The van der Waals surface area contributed by atoms with E-state index in [1.807, 2.05) is 36.2 Å². The Morgan fingerprint density at radius 1 is 1.00 bits per heavy atom. The number of anilines is 2. The van der Waals surface area contributed by atoms with E-state index in [0.717, 1.165) is 11.0 Å². The zero-order chi connectivity index (χ0) is 17.6. The predicted molar refractivity (Wildman–Crippen MR) is 94.6 cm³/mol. The molecule has 0 fully saturated rings. The minimum Gasteiger partial charge on any atom is -0.355 e. The maximum atomic E-state index is 13.0. The number of rotatable bonds is 1. The number of para-hydroxylation sites is 2. The van der Waals surface area contributed by atoms with Crippen molar-refractivity contribution in [1.82, 2.24) is 15.0 Å². The van der Waals surface area contributed by atoms with Crippen LogP contribution in [0.2, 0.25) is 0 Å². The van der Waals surface area contributed by atoms with Crippen molar-refractivity contribution >= 4 is 40.2 Å². The number of hydrazone groups is 1. The lowest BCUT2D eigenvalue weighted by atomic mass is 10.1. The van der Waals surface area contributed by atoms with Gasteiger partial charge in [0.2, 0.25) is 5.91 Å². The molecule has 0 spiro atoms. The van der Waals surface area contributed by atoms with Gasteiger partial charge in [-0.1, -0.05) is 12.1 Å². The number of carbonyl (C=O) groups excluding carboxylic acids is 2. The Morgan fingerprint density at radius 2 is 1.68 bits per heavy atom. The van der Waals surface area contributed by atoms with Gasteiger partial charge in [0.1, 0.15) is 5.71 Å². The Bertz CT molecular complexity index is 909. The molecule has 25 heavy (non-hydrogen) atoms. The van der Waals surface area contributed by atoms with Gasteiger partial charge in [0.25, 0.3) is 5.91 Å². The number of hydrogen-bond donors (Lipinski definition) is 0. The molecule has 1 aromatic carbocycles. The van der Waals surface area contributed by atoms with Gasteiger partial charge in [-0.15, -0.1) is 0 Å². The van der Waals surface area contributed by atoms with Crippen molar-refractivity contribution in [1.29, 1.82) is 0 Å². The first-order chi connectivity index (χ1) is 12.0. The van der Waals surface area contributed by atoms with Gasteiger partial charge in [0.15, 0.2) is 11.6 Å². The standard InChI is InChI=1S/C17H18N6O2/c1-21-9-10-23(17(25)13-7-8-14(24)22(2)20-13)16-15(21)18-11-5-3-4-6-12(11)19-16/h3-6H,7-10H2,1-2H3. The number of nitrogens with zero attached hydrogens (tertiary/aromatic N) is 6. The summed E-state index contributed by atoms with van der Waals surface area (Å²) in [6.07, 6.45) is 0.649. The lowest BCUT2D eigenvalue weighted by Crippen LogP contribution is -2.47. The summed E-state index contributed by atoms with van der Waals surface area (Å²) in [4.78, 5) is 37.5. The Kier molecular flexibility index (Phi) is 3.60. The van der Waals surface area contributed by atoms with Crippen LogP contribution in [0.25, 0.3) is 11.0 Å². The molecule has 3 heterocycles. The first-order valence-electron chi connectivity index (χ1n) is 8.18. The first-order valence-corrected chi connectivity index (χ1v) is 8.18. The van der Waals surface area contributed by atoms with E-state index >= 15 is 0 Å². The van der Waals surface area contributed by atoms with Crippen LogP contribution in [0.3, 0.4) is 0 Å². The summed E-state index contributed by atoms with van der Waals surface area (Å²) in [5.41, 5.74) is 1.92. The number of hydrogen-bond acceptors (Lipinski definition) is 6. The normalized spacial score (nSPS) is 17.6. The predicted octanol–water partition coefficient (Wildman–Crippen LogP) is 1.02. The number of aromatic nitrogens is 2. The average Bonchev–Trinajstić information content (AvgIpc) is 2.62. The summed E-state index contributed by atoms with van der Waals surface area (Å²) < 4.78 is 0. The lowest BCUT2D eigenvalue weighted by Gasteiger charge is -2.34. The Labute approximate surface area is 144 Å². The highest BCUT2D eigenvalue weighted by molar-refractivity contribution is 6.44. The van der Waals surface area contributed by atoms with Gasteiger partial charge < -0.3 is 4.90 Å². The van der Waals surface area contributed by atoms with E-state index in [1.165, 1.54) is 5.01 Å². The molecule has 0 unspecified atom stereocenters. The Morgan fingerprint density at radius 3 is 2.36 bits per heavy atom. The third-order valence-electron chi connectivity index (χ3n) is 4.51.